The average Bonchev–Trinajstić information content (AvgIpc) is 3.07. The standard InChI is InChI=1S/C20H25N3O3/c1-3-19(25)21-16-8-4-6-14(10-16)20(26)22-18-9-5-7-15-11-23(13(2)24)12-17(15)18/h3-4,6,8,10,15,17-18H,1,5,7,9,11-12H2,2H3,(H,21,25)(H,22,26). The summed E-state index contributed by atoms with van der Waals surface area (Å²) >= 11 is 0. The molecule has 1 aliphatic carbocycles. The van der Waals surface area contributed by atoms with Gasteiger partial charge in [-0.25, -0.2) is 0 Å². The number of nitrogens with one attached hydrogen (secondary N) is 2. The Balaban J connectivity index is 1.67. The highest BCUT2D eigenvalue weighted by molar-refractivity contribution is 6.00. The Morgan fingerprint density at radius 1 is 1.23 bits per heavy atom. The summed E-state index contributed by atoms with van der Waals surface area (Å²) in [7, 11) is 0. The van der Waals surface area contributed by atoms with E-state index in [0.717, 1.165) is 32.4 Å². The number of fused-ring (bicyclic) bond motifs is 1. The van der Waals surface area contributed by atoms with Crippen LogP contribution in [-0.4, -0.2) is 41.8 Å². The van der Waals surface area contributed by atoms with Gasteiger partial charge in [0.15, 0.2) is 0 Å². The molecule has 1 aromatic carbocycles. The van der Waals surface area contributed by atoms with Gasteiger partial charge in [0, 0.05) is 43.2 Å². The first kappa shape index (κ1) is 18.2. The van der Waals surface area contributed by atoms with Crippen molar-refractivity contribution >= 4 is 23.4 Å². The van der Waals surface area contributed by atoms with Crippen molar-refractivity contribution in [3.05, 3.63) is 42.5 Å². The summed E-state index contributed by atoms with van der Waals surface area (Å²) in [6, 6.07) is 6.95. The van der Waals surface area contributed by atoms with E-state index in [1.807, 2.05) is 4.90 Å². The highest BCUT2D eigenvalue weighted by atomic mass is 16.2. The Labute approximate surface area is 153 Å². The number of benzene rings is 1. The maximum atomic E-state index is 12.7. The van der Waals surface area contributed by atoms with Gasteiger partial charge in [0.05, 0.1) is 0 Å². The van der Waals surface area contributed by atoms with Gasteiger partial charge >= 0.3 is 0 Å². The molecule has 6 nitrogen and oxygen atoms in total. The normalized spacial score (nSPS) is 24.5. The summed E-state index contributed by atoms with van der Waals surface area (Å²) in [6.07, 6.45) is 4.30. The Morgan fingerprint density at radius 3 is 2.77 bits per heavy atom. The quantitative estimate of drug-likeness (QED) is 0.813. The Kier molecular flexibility index (Phi) is 5.40. The van der Waals surface area contributed by atoms with E-state index in [2.05, 4.69) is 17.2 Å². The molecule has 0 radical (unpaired) electrons. The largest absolute Gasteiger partial charge is 0.349 e. The number of amides is 3. The average molecular weight is 355 g/mol. The highest BCUT2D eigenvalue weighted by Gasteiger charge is 2.41. The van der Waals surface area contributed by atoms with E-state index in [1.54, 1.807) is 31.2 Å². The first-order valence-corrected chi connectivity index (χ1v) is 9.08. The minimum Gasteiger partial charge on any atom is -0.349 e. The van der Waals surface area contributed by atoms with E-state index in [4.69, 9.17) is 0 Å². The number of anilines is 1. The lowest BCUT2D eigenvalue weighted by Gasteiger charge is -2.33. The molecule has 1 aromatic rings. The molecule has 1 saturated carbocycles. The summed E-state index contributed by atoms with van der Waals surface area (Å²) in [4.78, 5) is 37.7. The second-order valence-corrected chi connectivity index (χ2v) is 7.13. The van der Waals surface area contributed by atoms with Crippen LogP contribution < -0.4 is 10.6 Å². The smallest absolute Gasteiger partial charge is 0.251 e. The number of hydrogen-bond donors (Lipinski definition) is 2. The van der Waals surface area contributed by atoms with Gasteiger partial charge in [0.2, 0.25) is 11.8 Å². The van der Waals surface area contributed by atoms with Gasteiger partial charge in [-0.2, -0.15) is 0 Å². The van der Waals surface area contributed by atoms with Gasteiger partial charge in [0.25, 0.3) is 5.91 Å². The predicted octanol–water partition coefficient (Wildman–Crippen LogP) is 2.19. The third-order valence-corrected chi connectivity index (χ3v) is 5.44. The fraction of sp³-hybridized carbons (Fsp3) is 0.450. The lowest BCUT2D eigenvalue weighted by Crippen LogP contribution is -2.45. The SMILES string of the molecule is C=CC(=O)Nc1cccc(C(=O)NC2CCCC3CN(C(C)=O)CC32)c1. The fourth-order valence-corrected chi connectivity index (χ4v) is 4.09. The number of carbonyl (C=O) groups excluding carboxylic acids is 3. The van der Waals surface area contributed by atoms with Crippen LogP contribution in [0.1, 0.15) is 36.5 Å². The molecular weight excluding hydrogens is 330 g/mol. The molecule has 3 amide bonds. The van der Waals surface area contributed by atoms with Gasteiger partial charge in [0.1, 0.15) is 0 Å². The summed E-state index contributed by atoms with van der Waals surface area (Å²) in [5, 5.41) is 5.82. The molecule has 3 atom stereocenters. The lowest BCUT2D eigenvalue weighted by molar-refractivity contribution is -0.128. The van der Waals surface area contributed by atoms with Gasteiger partial charge < -0.3 is 15.5 Å². The van der Waals surface area contributed by atoms with Crippen LogP contribution in [0.3, 0.4) is 0 Å². The van der Waals surface area contributed by atoms with Gasteiger partial charge in [-0.1, -0.05) is 19.1 Å². The maximum absolute atomic E-state index is 12.7. The maximum Gasteiger partial charge on any atom is 0.251 e. The molecule has 3 rings (SSSR count). The Hall–Kier alpha value is -2.63. The van der Waals surface area contributed by atoms with E-state index >= 15 is 0 Å². The van der Waals surface area contributed by atoms with Crippen molar-refractivity contribution in [1.29, 1.82) is 0 Å². The zero-order valence-electron chi connectivity index (χ0n) is 15.0. The number of hydrogen-bond acceptors (Lipinski definition) is 3. The second-order valence-electron chi connectivity index (χ2n) is 7.13. The summed E-state index contributed by atoms with van der Waals surface area (Å²) in [5.41, 5.74) is 1.07. The molecule has 1 saturated heterocycles. The first-order chi connectivity index (χ1) is 12.5. The lowest BCUT2D eigenvalue weighted by atomic mass is 9.78. The number of carbonyl (C=O) groups is 3. The third kappa shape index (κ3) is 3.95. The molecule has 6 heteroatoms. The molecule has 0 aromatic heterocycles. The topological polar surface area (TPSA) is 78.5 Å². The number of nitrogens with zero attached hydrogens (tertiary/aromatic N) is 1. The van der Waals surface area contributed by atoms with Crippen molar-refractivity contribution < 1.29 is 14.4 Å². The Bertz CT molecular complexity index is 731. The van der Waals surface area contributed by atoms with E-state index in [9.17, 15) is 14.4 Å². The van der Waals surface area contributed by atoms with Crippen molar-refractivity contribution in [2.75, 3.05) is 18.4 Å². The molecule has 1 aliphatic heterocycles. The molecule has 2 aliphatic rings. The van der Waals surface area contributed by atoms with Crippen molar-refractivity contribution in [3.63, 3.8) is 0 Å². The molecule has 1 heterocycles. The summed E-state index contributed by atoms with van der Waals surface area (Å²) in [6.45, 7) is 6.55. The van der Waals surface area contributed by atoms with Crippen LogP contribution in [0.15, 0.2) is 36.9 Å². The van der Waals surface area contributed by atoms with Crippen molar-refractivity contribution in [3.8, 4) is 0 Å². The van der Waals surface area contributed by atoms with E-state index in [-0.39, 0.29) is 23.8 Å². The molecule has 3 unspecified atom stereocenters. The molecule has 0 spiro atoms. The van der Waals surface area contributed by atoms with Crippen LogP contribution in [0.5, 0.6) is 0 Å². The van der Waals surface area contributed by atoms with Crippen LogP contribution in [0.2, 0.25) is 0 Å². The number of rotatable bonds is 4. The van der Waals surface area contributed by atoms with Gasteiger partial charge in [-0.05, 0) is 43.0 Å². The summed E-state index contributed by atoms with van der Waals surface area (Å²) < 4.78 is 0. The third-order valence-electron chi connectivity index (χ3n) is 5.44. The highest BCUT2D eigenvalue weighted by Crippen LogP contribution is 2.36. The van der Waals surface area contributed by atoms with Crippen LogP contribution in [0.4, 0.5) is 5.69 Å². The van der Waals surface area contributed by atoms with Crippen LogP contribution in [0.25, 0.3) is 0 Å². The predicted molar refractivity (Wildman–Crippen MR) is 99.6 cm³/mol. The number of likely N-dealkylation sites (tertiary alicyclic amines) is 1. The molecule has 26 heavy (non-hydrogen) atoms. The van der Waals surface area contributed by atoms with Crippen LogP contribution in [0, 0.1) is 11.8 Å². The van der Waals surface area contributed by atoms with Gasteiger partial charge in [-0.15, -0.1) is 0 Å². The van der Waals surface area contributed by atoms with Crippen LogP contribution >= 0.6 is 0 Å². The van der Waals surface area contributed by atoms with E-state index < -0.39 is 0 Å². The minimum absolute atomic E-state index is 0.0806. The molecule has 2 N–H and O–H groups in total. The zero-order valence-corrected chi connectivity index (χ0v) is 15.0. The van der Waals surface area contributed by atoms with Crippen molar-refractivity contribution in [1.82, 2.24) is 10.2 Å². The van der Waals surface area contributed by atoms with Gasteiger partial charge in [-0.3, -0.25) is 14.4 Å². The summed E-state index contributed by atoms with van der Waals surface area (Å²) in [5.74, 6) is 0.436. The Morgan fingerprint density at radius 2 is 2.04 bits per heavy atom. The van der Waals surface area contributed by atoms with Crippen LogP contribution in [-0.2, 0) is 9.59 Å². The molecule has 0 bridgehead atoms. The zero-order chi connectivity index (χ0) is 18.7. The van der Waals surface area contributed by atoms with Crippen molar-refractivity contribution in [2.45, 2.75) is 32.2 Å². The first-order valence-electron chi connectivity index (χ1n) is 9.08. The molecule has 2 fully saturated rings. The van der Waals surface area contributed by atoms with Crippen molar-refractivity contribution in [2.24, 2.45) is 11.8 Å². The molecular formula is C20H25N3O3. The monoisotopic (exact) mass is 355 g/mol. The second kappa shape index (κ2) is 7.72. The van der Waals surface area contributed by atoms with E-state index in [0.29, 0.717) is 23.1 Å². The minimum atomic E-state index is -0.312. The van der Waals surface area contributed by atoms with E-state index in [1.165, 1.54) is 6.08 Å². The molecule has 138 valence electrons. The fourth-order valence-electron chi connectivity index (χ4n) is 4.09.